The van der Waals surface area contributed by atoms with Crippen molar-refractivity contribution in [2.75, 3.05) is 7.11 Å². The van der Waals surface area contributed by atoms with Crippen LogP contribution in [-0.2, 0) is 19.3 Å². The van der Waals surface area contributed by atoms with Crippen molar-refractivity contribution in [3.8, 4) is 16.9 Å². The van der Waals surface area contributed by atoms with E-state index in [1.807, 2.05) is 36.4 Å². The Morgan fingerprint density at radius 2 is 1.58 bits per heavy atom. The first kappa shape index (κ1) is 24.6. The van der Waals surface area contributed by atoms with Crippen molar-refractivity contribution < 1.29 is 22.3 Å². The molecule has 1 N–H and O–H groups in total. The van der Waals surface area contributed by atoms with Crippen LogP contribution >= 0.6 is 12.4 Å². The molecule has 2 nitrogen and oxygen atoms in total. The minimum Gasteiger partial charge on any atom is -0.494 e. The first-order valence-corrected chi connectivity index (χ1v) is 10.1. The van der Waals surface area contributed by atoms with Crippen LogP contribution in [0, 0.1) is 5.82 Å². The van der Waals surface area contributed by atoms with E-state index in [1.165, 1.54) is 25.3 Å². The zero-order chi connectivity index (χ0) is 22.7. The average Bonchev–Trinajstić information content (AvgIpc) is 2.79. The van der Waals surface area contributed by atoms with Gasteiger partial charge in [-0.05, 0) is 69.4 Å². The number of hydrogen-bond donors (Lipinski definition) is 1. The van der Waals surface area contributed by atoms with Gasteiger partial charge in [-0.1, -0.05) is 42.5 Å². The van der Waals surface area contributed by atoms with Gasteiger partial charge in [0.15, 0.2) is 11.6 Å². The summed E-state index contributed by atoms with van der Waals surface area (Å²) in [6.45, 7) is 0.985. The summed E-state index contributed by atoms with van der Waals surface area (Å²) in [6, 6.07) is 21.6. The molecule has 0 aromatic heterocycles. The van der Waals surface area contributed by atoms with Gasteiger partial charge in [0.1, 0.15) is 0 Å². The molecule has 0 atom stereocenters. The topological polar surface area (TPSA) is 21.3 Å². The number of alkyl halides is 3. The zero-order valence-corrected chi connectivity index (χ0v) is 18.6. The maximum Gasteiger partial charge on any atom is 0.416 e. The molecule has 0 aliphatic rings. The quantitative estimate of drug-likeness (QED) is 0.294. The van der Waals surface area contributed by atoms with E-state index in [9.17, 15) is 17.6 Å². The third-order valence-corrected chi connectivity index (χ3v) is 5.30. The molecule has 0 radical (unpaired) electrons. The van der Waals surface area contributed by atoms with Gasteiger partial charge in [-0.3, -0.25) is 0 Å². The van der Waals surface area contributed by atoms with Crippen molar-refractivity contribution in [1.82, 2.24) is 5.32 Å². The van der Waals surface area contributed by atoms with Crippen molar-refractivity contribution >= 4 is 23.2 Å². The summed E-state index contributed by atoms with van der Waals surface area (Å²) >= 11 is 0. The zero-order valence-electron chi connectivity index (χ0n) is 17.7. The van der Waals surface area contributed by atoms with Crippen molar-refractivity contribution in [2.24, 2.45) is 0 Å². The summed E-state index contributed by atoms with van der Waals surface area (Å²) < 4.78 is 58.3. The van der Waals surface area contributed by atoms with E-state index in [0.29, 0.717) is 18.7 Å². The van der Waals surface area contributed by atoms with E-state index < -0.39 is 17.6 Å². The van der Waals surface area contributed by atoms with Gasteiger partial charge in [0.25, 0.3) is 0 Å². The van der Waals surface area contributed by atoms with Gasteiger partial charge in [-0.15, -0.1) is 12.4 Å². The summed E-state index contributed by atoms with van der Waals surface area (Å²) in [7, 11) is 1.42. The summed E-state index contributed by atoms with van der Waals surface area (Å²) in [4.78, 5) is 0. The average molecular weight is 476 g/mol. The summed E-state index contributed by atoms with van der Waals surface area (Å²) in [5, 5.41) is 5.14. The Bertz CT molecular complexity index is 1260. The Kier molecular flexibility index (Phi) is 7.61. The van der Waals surface area contributed by atoms with Gasteiger partial charge >= 0.3 is 6.18 Å². The Labute approximate surface area is 195 Å². The van der Waals surface area contributed by atoms with E-state index in [0.717, 1.165) is 33.5 Å². The predicted octanol–water partition coefficient (Wildman–Crippen LogP) is 7.38. The molecule has 0 amide bonds. The number of ether oxygens (including phenoxy) is 1. The van der Waals surface area contributed by atoms with Crippen molar-refractivity contribution in [2.45, 2.75) is 19.3 Å². The second-order valence-corrected chi connectivity index (χ2v) is 7.52. The summed E-state index contributed by atoms with van der Waals surface area (Å²) in [5.74, 6) is -0.238. The number of fused-ring (bicyclic) bond motifs is 1. The molecule has 4 aromatic carbocycles. The number of benzene rings is 4. The molecular weight excluding hydrogens is 454 g/mol. The standard InChI is InChI=1S/C26H21F4NO.ClH/c1-32-25-13-17(9-10-24(25)27)15-31-16-18-11-19-5-2-3-8-22(19)23(12-18)20-6-4-7-21(14-20)26(28,29)30;/h2-14,31H,15-16H2,1H3;1H. The normalized spacial score (nSPS) is 11.3. The molecule has 172 valence electrons. The van der Waals surface area contributed by atoms with Crippen LogP contribution in [0.2, 0.25) is 0 Å². The summed E-state index contributed by atoms with van der Waals surface area (Å²) in [6.07, 6.45) is -4.40. The van der Waals surface area contributed by atoms with E-state index in [2.05, 4.69) is 5.32 Å². The SMILES string of the molecule is COc1cc(CNCc2cc(-c3cccc(C(F)(F)F)c3)c3ccccc3c2)ccc1F.Cl. The van der Waals surface area contributed by atoms with Crippen molar-refractivity contribution in [3.05, 3.63) is 101 Å². The fourth-order valence-corrected chi connectivity index (χ4v) is 3.74. The molecule has 0 spiro atoms. The van der Waals surface area contributed by atoms with Crippen LogP contribution < -0.4 is 10.1 Å². The first-order valence-electron chi connectivity index (χ1n) is 10.1. The Hall–Kier alpha value is -3.09. The van der Waals surface area contributed by atoms with Crippen LogP contribution in [0.3, 0.4) is 0 Å². The molecule has 0 unspecified atom stereocenters. The second kappa shape index (κ2) is 10.2. The third-order valence-electron chi connectivity index (χ3n) is 5.30. The Morgan fingerprint density at radius 3 is 2.33 bits per heavy atom. The lowest BCUT2D eigenvalue weighted by atomic mass is 9.94. The lowest BCUT2D eigenvalue weighted by molar-refractivity contribution is -0.137. The monoisotopic (exact) mass is 475 g/mol. The maximum atomic E-state index is 13.6. The number of rotatable bonds is 6. The van der Waals surface area contributed by atoms with Crippen LogP contribution in [0.4, 0.5) is 17.6 Å². The van der Waals surface area contributed by atoms with Gasteiger partial charge in [0, 0.05) is 13.1 Å². The molecule has 0 fully saturated rings. The molecule has 7 heteroatoms. The molecule has 4 aromatic rings. The first-order chi connectivity index (χ1) is 15.3. The highest BCUT2D eigenvalue weighted by atomic mass is 35.5. The molecule has 0 aliphatic carbocycles. The molecular formula is C26H22ClF4NO. The molecule has 0 heterocycles. The molecule has 0 saturated carbocycles. The molecule has 0 bridgehead atoms. The third kappa shape index (κ3) is 5.64. The molecule has 0 saturated heterocycles. The van der Waals surface area contributed by atoms with Crippen molar-refractivity contribution in [1.29, 1.82) is 0 Å². The molecule has 0 aliphatic heterocycles. The number of nitrogens with one attached hydrogen (secondary N) is 1. The highest BCUT2D eigenvalue weighted by Crippen LogP contribution is 2.35. The minimum absolute atomic E-state index is 0. The van der Waals surface area contributed by atoms with Gasteiger partial charge in [0.05, 0.1) is 12.7 Å². The lowest BCUT2D eigenvalue weighted by Crippen LogP contribution is -2.13. The highest BCUT2D eigenvalue weighted by molar-refractivity contribution is 5.97. The Balaban J connectivity index is 0.00000306. The van der Waals surface area contributed by atoms with Crippen LogP contribution in [-0.4, -0.2) is 7.11 Å². The van der Waals surface area contributed by atoms with Gasteiger partial charge in [-0.2, -0.15) is 13.2 Å². The second-order valence-electron chi connectivity index (χ2n) is 7.52. The smallest absolute Gasteiger partial charge is 0.416 e. The van der Waals surface area contributed by atoms with E-state index in [4.69, 9.17) is 4.74 Å². The molecule has 33 heavy (non-hydrogen) atoms. The van der Waals surface area contributed by atoms with E-state index in [-0.39, 0.29) is 18.2 Å². The Morgan fingerprint density at radius 1 is 0.818 bits per heavy atom. The van der Waals surface area contributed by atoms with Gasteiger partial charge in [0.2, 0.25) is 0 Å². The fourth-order valence-electron chi connectivity index (χ4n) is 3.74. The van der Waals surface area contributed by atoms with Gasteiger partial charge in [-0.25, -0.2) is 4.39 Å². The predicted molar refractivity (Wildman–Crippen MR) is 125 cm³/mol. The molecule has 4 rings (SSSR count). The van der Waals surface area contributed by atoms with Crippen LogP contribution in [0.15, 0.2) is 78.9 Å². The van der Waals surface area contributed by atoms with Gasteiger partial charge < -0.3 is 10.1 Å². The van der Waals surface area contributed by atoms with E-state index in [1.54, 1.807) is 18.2 Å². The number of methoxy groups -OCH3 is 1. The van der Waals surface area contributed by atoms with Crippen LogP contribution in [0.5, 0.6) is 5.75 Å². The summed E-state index contributed by atoms with van der Waals surface area (Å²) in [5.41, 5.74) is 2.38. The van der Waals surface area contributed by atoms with E-state index >= 15 is 0 Å². The van der Waals surface area contributed by atoms with Crippen molar-refractivity contribution in [3.63, 3.8) is 0 Å². The van der Waals surface area contributed by atoms with Crippen LogP contribution in [0.1, 0.15) is 16.7 Å². The highest BCUT2D eigenvalue weighted by Gasteiger charge is 2.30. The number of halogens is 5. The lowest BCUT2D eigenvalue weighted by Gasteiger charge is -2.14. The van der Waals surface area contributed by atoms with Crippen LogP contribution in [0.25, 0.3) is 21.9 Å². The maximum absolute atomic E-state index is 13.6. The fraction of sp³-hybridized carbons (Fsp3) is 0.154. The largest absolute Gasteiger partial charge is 0.494 e. The number of hydrogen-bond acceptors (Lipinski definition) is 2. The minimum atomic E-state index is -4.40.